The molecular formula is C22H22FN5O4. The van der Waals surface area contributed by atoms with Crippen LogP contribution in [-0.2, 0) is 0 Å². The topological polar surface area (TPSA) is 149 Å². The molecule has 4 rings (SSSR count). The third-order valence-corrected chi connectivity index (χ3v) is 5.50. The summed E-state index contributed by atoms with van der Waals surface area (Å²) in [5, 5.41) is 18.0. The number of nitrogens with two attached hydrogens (primary N) is 1. The molecule has 7 N–H and O–H groups in total. The third kappa shape index (κ3) is 4.00. The van der Waals surface area contributed by atoms with Crippen molar-refractivity contribution < 1.29 is 19.1 Å². The normalized spacial score (nSPS) is 17.5. The lowest BCUT2D eigenvalue weighted by Gasteiger charge is -2.34. The zero-order valence-electron chi connectivity index (χ0n) is 17.2. The Bertz CT molecular complexity index is 1270. The van der Waals surface area contributed by atoms with Crippen LogP contribution >= 0.6 is 0 Å². The number of carbonyl (C=O) groups excluding carboxylic acids is 1. The first-order valence-electron chi connectivity index (χ1n) is 10.0. The predicted molar refractivity (Wildman–Crippen MR) is 120 cm³/mol. The van der Waals surface area contributed by atoms with E-state index in [4.69, 9.17) is 10.8 Å². The predicted octanol–water partition coefficient (Wildman–Crippen LogP) is 2.56. The number of fused-ring (bicyclic) bond motifs is 1. The highest BCUT2D eigenvalue weighted by Gasteiger charge is 2.29. The second kappa shape index (κ2) is 8.31. The van der Waals surface area contributed by atoms with Crippen molar-refractivity contribution in [1.82, 2.24) is 4.98 Å². The van der Waals surface area contributed by atoms with Gasteiger partial charge in [0.2, 0.25) is 0 Å². The van der Waals surface area contributed by atoms with Gasteiger partial charge in [0, 0.05) is 30.2 Å². The van der Waals surface area contributed by atoms with E-state index in [1.54, 1.807) is 7.05 Å². The molecule has 1 fully saturated rings. The van der Waals surface area contributed by atoms with Crippen molar-refractivity contribution in [1.29, 1.82) is 0 Å². The van der Waals surface area contributed by atoms with Gasteiger partial charge in [0.05, 0.1) is 22.5 Å². The number of aromatic amines is 1. The standard InChI is InChI=1S/C22H22FN5O4/c1-25-16-7-11(23)6-15-18(16)28-21(30)17(19(15)26-14-8-12(24)9-14)20(29)27-13-4-2-10(3-5-13)22(31)32/h2-7,12,14,25H,8-9,24H2,1H3,(H,27,29)(H,31,32)(H2,26,28,30). The molecule has 1 aliphatic carbocycles. The SMILES string of the molecule is CNc1cc(F)cc2c(NC3CC(N)C3)c(C(=O)Nc3ccc(C(=O)O)cc3)c(=O)[nH]c12. The number of H-pyrrole nitrogens is 1. The van der Waals surface area contributed by atoms with E-state index in [1.165, 1.54) is 36.4 Å². The average Bonchev–Trinajstić information content (AvgIpc) is 2.72. The number of amides is 1. The Balaban J connectivity index is 1.79. The average molecular weight is 439 g/mol. The summed E-state index contributed by atoms with van der Waals surface area (Å²) in [6.45, 7) is 0. The molecule has 32 heavy (non-hydrogen) atoms. The molecule has 10 heteroatoms. The summed E-state index contributed by atoms with van der Waals surface area (Å²) in [4.78, 5) is 39.7. The number of hydrogen-bond acceptors (Lipinski definition) is 6. The summed E-state index contributed by atoms with van der Waals surface area (Å²) in [6.07, 6.45) is 1.31. The van der Waals surface area contributed by atoms with Crippen LogP contribution in [0.5, 0.6) is 0 Å². The second-order valence-electron chi connectivity index (χ2n) is 7.74. The monoisotopic (exact) mass is 439 g/mol. The molecule has 0 unspecified atom stereocenters. The minimum atomic E-state index is -1.10. The van der Waals surface area contributed by atoms with E-state index < -0.39 is 23.3 Å². The van der Waals surface area contributed by atoms with Crippen molar-refractivity contribution >= 4 is 39.8 Å². The Hall–Kier alpha value is -3.92. The summed E-state index contributed by atoms with van der Waals surface area (Å²) in [5.41, 5.74) is 6.36. The number of halogens is 1. The van der Waals surface area contributed by atoms with Crippen LogP contribution < -0.4 is 27.2 Å². The van der Waals surface area contributed by atoms with Gasteiger partial charge in [-0.05, 0) is 49.2 Å². The molecule has 0 radical (unpaired) electrons. The summed E-state index contributed by atoms with van der Waals surface area (Å²) < 4.78 is 14.3. The van der Waals surface area contributed by atoms with E-state index in [0.29, 0.717) is 35.1 Å². The van der Waals surface area contributed by atoms with Crippen LogP contribution in [0, 0.1) is 5.82 Å². The van der Waals surface area contributed by atoms with Crippen LogP contribution in [0.4, 0.5) is 21.5 Å². The van der Waals surface area contributed by atoms with Gasteiger partial charge in [0.1, 0.15) is 11.4 Å². The summed E-state index contributed by atoms with van der Waals surface area (Å²) in [5.74, 6) is -2.34. The van der Waals surface area contributed by atoms with Crippen LogP contribution in [0.15, 0.2) is 41.2 Å². The number of carboxylic acid groups (broad SMARTS) is 1. The molecule has 166 valence electrons. The Morgan fingerprint density at radius 2 is 1.88 bits per heavy atom. The van der Waals surface area contributed by atoms with Crippen LogP contribution in [0.25, 0.3) is 10.9 Å². The molecule has 3 aromatic rings. The van der Waals surface area contributed by atoms with E-state index in [1.807, 2.05) is 0 Å². The van der Waals surface area contributed by atoms with Crippen LogP contribution in [0.2, 0.25) is 0 Å². The highest BCUT2D eigenvalue weighted by Crippen LogP contribution is 2.33. The molecule has 9 nitrogen and oxygen atoms in total. The minimum Gasteiger partial charge on any atom is -0.478 e. The van der Waals surface area contributed by atoms with Gasteiger partial charge in [-0.15, -0.1) is 0 Å². The molecule has 1 aromatic heterocycles. The van der Waals surface area contributed by atoms with Crippen molar-refractivity contribution in [2.45, 2.75) is 24.9 Å². The van der Waals surface area contributed by atoms with Gasteiger partial charge in [-0.25, -0.2) is 9.18 Å². The zero-order valence-corrected chi connectivity index (χ0v) is 17.2. The van der Waals surface area contributed by atoms with E-state index in [2.05, 4.69) is 20.9 Å². The van der Waals surface area contributed by atoms with E-state index in [-0.39, 0.29) is 28.9 Å². The first kappa shape index (κ1) is 21.3. The number of rotatable bonds is 6. The van der Waals surface area contributed by atoms with Gasteiger partial charge in [-0.1, -0.05) is 0 Å². The maximum atomic E-state index is 14.3. The Kier molecular flexibility index (Phi) is 5.54. The summed E-state index contributed by atoms with van der Waals surface area (Å²) >= 11 is 0. The lowest BCUT2D eigenvalue weighted by Crippen LogP contribution is -2.45. The number of anilines is 3. The van der Waals surface area contributed by atoms with Crippen molar-refractivity contribution in [3.05, 3.63) is 63.7 Å². The number of aromatic nitrogens is 1. The summed E-state index contributed by atoms with van der Waals surface area (Å²) in [6, 6.07) is 8.00. The third-order valence-electron chi connectivity index (χ3n) is 5.50. The number of pyridine rings is 1. The molecule has 1 heterocycles. The molecular weight excluding hydrogens is 417 g/mol. The molecule has 0 atom stereocenters. The highest BCUT2D eigenvalue weighted by atomic mass is 19.1. The van der Waals surface area contributed by atoms with Gasteiger partial charge in [-0.3, -0.25) is 9.59 Å². The van der Waals surface area contributed by atoms with Crippen molar-refractivity contribution in [2.24, 2.45) is 5.73 Å². The highest BCUT2D eigenvalue weighted by molar-refractivity contribution is 6.13. The Labute approximate surface area is 181 Å². The van der Waals surface area contributed by atoms with Gasteiger partial charge < -0.3 is 31.8 Å². The smallest absolute Gasteiger partial charge is 0.335 e. The van der Waals surface area contributed by atoms with Crippen molar-refractivity contribution in [2.75, 3.05) is 23.0 Å². The van der Waals surface area contributed by atoms with Crippen LogP contribution in [-0.4, -0.2) is 41.1 Å². The molecule has 0 saturated heterocycles. The first-order valence-corrected chi connectivity index (χ1v) is 10.0. The largest absolute Gasteiger partial charge is 0.478 e. The molecule has 0 spiro atoms. The lowest BCUT2D eigenvalue weighted by molar-refractivity contribution is 0.0696. The van der Waals surface area contributed by atoms with E-state index >= 15 is 0 Å². The van der Waals surface area contributed by atoms with Crippen molar-refractivity contribution in [3.8, 4) is 0 Å². The number of carboxylic acids is 1. The number of benzene rings is 2. The van der Waals surface area contributed by atoms with Gasteiger partial charge in [-0.2, -0.15) is 0 Å². The molecule has 0 bridgehead atoms. The Morgan fingerprint density at radius 1 is 1.19 bits per heavy atom. The fourth-order valence-corrected chi connectivity index (χ4v) is 3.80. The van der Waals surface area contributed by atoms with Gasteiger partial charge >= 0.3 is 5.97 Å². The number of nitrogens with one attached hydrogen (secondary N) is 4. The molecule has 1 saturated carbocycles. The molecule has 0 aliphatic heterocycles. The van der Waals surface area contributed by atoms with Gasteiger partial charge in [0.15, 0.2) is 0 Å². The maximum Gasteiger partial charge on any atom is 0.335 e. The number of carbonyl (C=O) groups is 2. The number of hydrogen-bond donors (Lipinski definition) is 6. The van der Waals surface area contributed by atoms with Crippen LogP contribution in [0.3, 0.4) is 0 Å². The van der Waals surface area contributed by atoms with Gasteiger partial charge in [0.25, 0.3) is 11.5 Å². The molecule has 2 aromatic carbocycles. The van der Waals surface area contributed by atoms with Crippen LogP contribution in [0.1, 0.15) is 33.6 Å². The fourth-order valence-electron chi connectivity index (χ4n) is 3.80. The quantitative estimate of drug-likeness (QED) is 0.346. The van der Waals surface area contributed by atoms with E-state index in [9.17, 15) is 18.8 Å². The Morgan fingerprint density at radius 3 is 2.47 bits per heavy atom. The lowest BCUT2D eigenvalue weighted by atomic mass is 9.87. The zero-order chi connectivity index (χ0) is 23.0. The molecule has 1 amide bonds. The second-order valence-corrected chi connectivity index (χ2v) is 7.74. The van der Waals surface area contributed by atoms with E-state index in [0.717, 1.165) is 0 Å². The maximum absolute atomic E-state index is 14.3. The molecule has 1 aliphatic rings. The number of aromatic carboxylic acids is 1. The fraction of sp³-hybridized carbons (Fsp3) is 0.227. The van der Waals surface area contributed by atoms with Crippen molar-refractivity contribution in [3.63, 3.8) is 0 Å². The summed E-state index contributed by atoms with van der Waals surface area (Å²) in [7, 11) is 1.60. The minimum absolute atomic E-state index is 0.0235. The first-order chi connectivity index (χ1) is 15.3.